The first-order valence-electron chi connectivity index (χ1n) is 11.6. The predicted octanol–water partition coefficient (Wildman–Crippen LogP) is 2.50. The number of amidine groups is 1. The number of nitrogens with zero attached hydrogens (tertiary/aromatic N) is 2. The molecule has 0 aromatic heterocycles. The summed E-state index contributed by atoms with van der Waals surface area (Å²) in [7, 11) is -4.33. The van der Waals surface area contributed by atoms with Crippen LogP contribution in [0.1, 0.15) is 71.1 Å². The maximum absolute atomic E-state index is 12.8. The van der Waals surface area contributed by atoms with Gasteiger partial charge in [0.2, 0.25) is 5.78 Å². The molecule has 180 valence electrons. The lowest BCUT2D eigenvalue weighted by Gasteiger charge is -2.34. The first-order chi connectivity index (χ1) is 14.7. The molecule has 0 fully saturated rings. The van der Waals surface area contributed by atoms with Crippen LogP contribution in [0.15, 0.2) is 17.1 Å². The van der Waals surface area contributed by atoms with Crippen molar-refractivity contribution in [1.82, 2.24) is 0 Å². The molecule has 0 aromatic carbocycles. The van der Waals surface area contributed by atoms with Gasteiger partial charge in [0.1, 0.15) is 31.5 Å². The van der Waals surface area contributed by atoms with Crippen molar-refractivity contribution < 1.29 is 32.5 Å². The molecule has 1 aliphatic heterocycles. The van der Waals surface area contributed by atoms with Crippen LogP contribution in [0, 0.1) is 0 Å². The van der Waals surface area contributed by atoms with E-state index in [9.17, 15) is 23.4 Å². The number of carbonyl (C=O) groups is 1. The van der Waals surface area contributed by atoms with Crippen molar-refractivity contribution in [1.29, 1.82) is 0 Å². The third-order valence-corrected chi connectivity index (χ3v) is 6.46. The van der Waals surface area contributed by atoms with Gasteiger partial charge in [-0.2, -0.15) is 8.42 Å². The van der Waals surface area contributed by atoms with Crippen LogP contribution in [0.2, 0.25) is 0 Å². The molecule has 8 nitrogen and oxygen atoms in total. The number of allylic oxidation sites excluding steroid dienone is 2. The fourth-order valence-electron chi connectivity index (χ4n) is 4.16. The van der Waals surface area contributed by atoms with Crippen LogP contribution in [0.4, 0.5) is 0 Å². The molecular formula is C22H41N2O6S+. The standard InChI is InChI=1S/C22H40N2O6S/c1-2-3-4-5-6-7-8-9-10-11-12-13-21(27)22-23-14-15-24(22,16-17-25)18-20(26)19-31(28,29)30/h3-4,20,25-26H,2,5-19H2,1H3/p+1/b4-3+. The topological polar surface area (TPSA) is 124 Å². The summed E-state index contributed by atoms with van der Waals surface area (Å²) in [6, 6.07) is 0. The molecule has 0 radical (unpaired) electrons. The minimum absolute atomic E-state index is 0.0293. The van der Waals surface area contributed by atoms with Crippen molar-refractivity contribution in [3.63, 3.8) is 0 Å². The summed E-state index contributed by atoms with van der Waals surface area (Å²) in [5.41, 5.74) is 0. The molecule has 1 aliphatic rings. The Labute approximate surface area is 187 Å². The lowest BCUT2D eigenvalue weighted by atomic mass is 10.0. The van der Waals surface area contributed by atoms with Crippen LogP contribution in [-0.4, -0.2) is 83.9 Å². The van der Waals surface area contributed by atoms with E-state index in [2.05, 4.69) is 24.1 Å². The summed E-state index contributed by atoms with van der Waals surface area (Å²) in [5, 5.41) is 19.6. The Morgan fingerprint density at radius 2 is 1.77 bits per heavy atom. The number of carbonyl (C=O) groups excluding carboxylic acids is 1. The average molecular weight is 462 g/mol. The highest BCUT2D eigenvalue weighted by Crippen LogP contribution is 2.20. The molecule has 9 heteroatoms. The second-order valence-corrected chi connectivity index (χ2v) is 9.92. The maximum Gasteiger partial charge on any atom is 0.267 e. The van der Waals surface area contributed by atoms with E-state index >= 15 is 0 Å². The van der Waals surface area contributed by atoms with Crippen molar-refractivity contribution in [2.75, 3.05) is 38.5 Å². The highest BCUT2D eigenvalue weighted by atomic mass is 32.2. The summed E-state index contributed by atoms with van der Waals surface area (Å²) >= 11 is 0. The summed E-state index contributed by atoms with van der Waals surface area (Å²) in [6.07, 6.45) is 13.4. The smallest absolute Gasteiger partial charge is 0.267 e. The van der Waals surface area contributed by atoms with Gasteiger partial charge in [0.25, 0.3) is 16.0 Å². The van der Waals surface area contributed by atoms with E-state index in [0.717, 1.165) is 32.1 Å². The molecule has 1 rings (SSSR count). The number of rotatable bonds is 18. The lowest BCUT2D eigenvalue weighted by molar-refractivity contribution is -0.837. The Morgan fingerprint density at radius 1 is 1.13 bits per heavy atom. The van der Waals surface area contributed by atoms with Crippen LogP contribution >= 0.6 is 0 Å². The first-order valence-corrected chi connectivity index (χ1v) is 13.2. The fraction of sp³-hybridized carbons (Fsp3) is 0.818. The van der Waals surface area contributed by atoms with Gasteiger partial charge in [-0.15, -0.1) is 0 Å². The van der Waals surface area contributed by atoms with E-state index in [1.165, 1.54) is 25.7 Å². The van der Waals surface area contributed by atoms with E-state index in [1.54, 1.807) is 0 Å². The highest BCUT2D eigenvalue weighted by Gasteiger charge is 2.43. The van der Waals surface area contributed by atoms with Crippen molar-refractivity contribution >= 4 is 21.7 Å². The Balaban J connectivity index is 2.40. The zero-order valence-electron chi connectivity index (χ0n) is 18.9. The van der Waals surface area contributed by atoms with Crippen molar-refractivity contribution in [3.05, 3.63) is 12.2 Å². The molecule has 2 atom stereocenters. The molecule has 0 saturated heterocycles. The third kappa shape index (κ3) is 11.3. The van der Waals surface area contributed by atoms with Gasteiger partial charge in [0.15, 0.2) is 0 Å². The monoisotopic (exact) mass is 461 g/mol. The molecule has 0 aliphatic carbocycles. The Morgan fingerprint density at radius 3 is 2.39 bits per heavy atom. The van der Waals surface area contributed by atoms with Gasteiger partial charge < -0.3 is 10.2 Å². The molecule has 0 amide bonds. The quantitative estimate of drug-likeness (QED) is 0.125. The van der Waals surface area contributed by atoms with Gasteiger partial charge in [-0.3, -0.25) is 13.8 Å². The third-order valence-electron chi connectivity index (χ3n) is 5.66. The largest absolute Gasteiger partial charge is 0.390 e. The van der Waals surface area contributed by atoms with Gasteiger partial charge in [0, 0.05) is 6.42 Å². The second-order valence-electron chi connectivity index (χ2n) is 8.42. The SMILES string of the molecule is CC/C=C/CCCCCCCCCC(=O)C1=NCC[N+]1(CCO)CC(O)CS(=O)(=O)O. The number of aliphatic hydroxyl groups is 2. The Hall–Kier alpha value is -1.13. The van der Waals surface area contributed by atoms with Crippen molar-refractivity contribution in [2.45, 2.75) is 77.2 Å². The number of aliphatic imine (C=N–C) groups is 1. The van der Waals surface area contributed by atoms with Crippen molar-refractivity contribution in [3.8, 4) is 0 Å². The summed E-state index contributed by atoms with van der Waals surface area (Å²) in [4.78, 5) is 17.1. The minimum Gasteiger partial charge on any atom is -0.390 e. The lowest BCUT2D eigenvalue weighted by Crippen LogP contribution is -2.59. The summed E-state index contributed by atoms with van der Waals surface area (Å²) in [6.45, 7) is 2.86. The number of hydrogen-bond donors (Lipinski definition) is 3. The fourth-order valence-corrected chi connectivity index (χ4v) is 4.75. The average Bonchev–Trinajstić information content (AvgIpc) is 3.07. The minimum atomic E-state index is -4.33. The van der Waals surface area contributed by atoms with Gasteiger partial charge >= 0.3 is 0 Å². The van der Waals surface area contributed by atoms with Crippen LogP contribution in [0.25, 0.3) is 0 Å². The molecule has 31 heavy (non-hydrogen) atoms. The summed E-state index contributed by atoms with van der Waals surface area (Å²) < 4.78 is 31.1. The number of unbranched alkanes of at least 4 members (excludes halogenated alkanes) is 7. The van der Waals surface area contributed by atoms with E-state index in [-0.39, 0.29) is 30.0 Å². The number of quaternary nitrogens is 1. The second kappa shape index (κ2) is 14.8. The number of ketones is 1. The number of Topliss-reactive ketones (excluding diaryl/α,β-unsaturated/α-hetero) is 1. The normalized spacial score (nSPS) is 20.3. The van der Waals surface area contributed by atoms with Crippen LogP contribution in [-0.2, 0) is 14.9 Å². The Kier molecular flexibility index (Phi) is 13.4. The molecule has 0 spiro atoms. The summed E-state index contributed by atoms with van der Waals surface area (Å²) in [5.74, 6) is -0.592. The first kappa shape index (κ1) is 27.9. The zero-order chi connectivity index (χ0) is 23.2. The van der Waals surface area contributed by atoms with E-state index in [4.69, 9.17) is 4.55 Å². The molecule has 0 saturated carbocycles. The molecular weight excluding hydrogens is 420 g/mol. The number of aliphatic hydroxyl groups excluding tert-OH is 2. The molecule has 3 N–H and O–H groups in total. The van der Waals surface area contributed by atoms with E-state index in [0.29, 0.717) is 25.3 Å². The predicted molar refractivity (Wildman–Crippen MR) is 123 cm³/mol. The highest BCUT2D eigenvalue weighted by molar-refractivity contribution is 7.85. The molecule has 0 bridgehead atoms. The van der Waals surface area contributed by atoms with E-state index < -0.39 is 22.0 Å². The zero-order valence-corrected chi connectivity index (χ0v) is 19.7. The van der Waals surface area contributed by atoms with Gasteiger partial charge in [0.05, 0.1) is 13.2 Å². The van der Waals surface area contributed by atoms with Gasteiger partial charge in [-0.05, 0) is 25.7 Å². The molecule has 0 aromatic rings. The van der Waals surface area contributed by atoms with Crippen molar-refractivity contribution in [2.24, 2.45) is 4.99 Å². The van der Waals surface area contributed by atoms with Crippen LogP contribution in [0.3, 0.4) is 0 Å². The number of hydrogen-bond acceptors (Lipinski definition) is 6. The molecule has 2 unspecified atom stereocenters. The maximum atomic E-state index is 12.8. The van der Waals surface area contributed by atoms with E-state index in [1.807, 2.05) is 0 Å². The van der Waals surface area contributed by atoms with Crippen LogP contribution < -0.4 is 0 Å². The van der Waals surface area contributed by atoms with Gasteiger partial charge in [-0.1, -0.05) is 51.2 Å². The Bertz CT molecular complexity index is 692. The molecule has 1 heterocycles. The van der Waals surface area contributed by atoms with Gasteiger partial charge in [-0.25, -0.2) is 4.99 Å². The van der Waals surface area contributed by atoms with Crippen LogP contribution in [0.5, 0.6) is 0 Å².